The summed E-state index contributed by atoms with van der Waals surface area (Å²) in [6, 6.07) is 1.51. The fourth-order valence-electron chi connectivity index (χ4n) is 2.33. The maximum absolute atomic E-state index is 13.4. The van der Waals surface area contributed by atoms with Gasteiger partial charge < -0.3 is 14.5 Å². The van der Waals surface area contributed by atoms with Crippen LogP contribution < -0.4 is 0 Å². The highest BCUT2D eigenvalue weighted by Gasteiger charge is 2.39. The molecule has 132 valence electrons. The van der Waals surface area contributed by atoms with E-state index in [9.17, 15) is 18.4 Å². The van der Waals surface area contributed by atoms with E-state index in [4.69, 9.17) is 4.74 Å². The second kappa shape index (κ2) is 7.06. The lowest BCUT2D eigenvalue weighted by molar-refractivity contribution is -0.0285. The highest BCUT2D eigenvalue weighted by Crippen LogP contribution is 2.20. The normalized spacial score (nSPS) is 18.7. The number of rotatable bonds is 2. The predicted octanol–water partition coefficient (Wildman–Crippen LogP) is 1.80. The zero-order chi connectivity index (χ0) is 17.9. The van der Waals surface area contributed by atoms with E-state index in [2.05, 4.69) is 10.2 Å². The van der Waals surface area contributed by atoms with Crippen molar-refractivity contribution < 1.29 is 23.1 Å². The molecule has 0 radical (unpaired) electrons. The topological polar surface area (TPSA) is 75.6 Å². The first-order chi connectivity index (χ1) is 11.2. The fourth-order valence-corrected chi connectivity index (χ4v) is 2.33. The number of ether oxygens (including phenoxy) is 1. The molecule has 24 heavy (non-hydrogen) atoms. The molecule has 1 saturated heterocycles. The van der Waals surface area contributed by atoms with Gasteiger partial charge in [-0.3, -0.25) is 4.79 Å². The van der Waals surface area contributed by atoms with Crippen LogP contribution >= 0.6 is 0 Å². The van der Waals surface area contributed by atoms with E-state index in [1.165, 1.54) is 23.2 Å². The Morgan fingerprint density at radius 2 is 2.04 bits per heavy atom. The molecule has 0 bridgehead atoms. The van der Waals surface area contributed by atoms with Crippen LogP contribution in [-0.2, 0) is 4.74 Å². The molecule has 0 N–H and O–H groups in total. The number of carbonyl (C=O) groups excluding carboxylic acids is 2. The van der Waals surface area contributed by atoms with Gasteiger partial charge in [-0.2, -0.15) is 5.10 Å². The van der Waals surface area contributed by atoms with Gasteiger partial charge >= 0.3 is 6.09 Å². The molecule has 1 aromatic heterocycles. The maximum atomic E-state index is 13.4. The van der Waals surface area contributed by atoms with E-state index in [0.717, 1.165) is 4.90 Å². The molecule has 2 rings (SSSR count). The number of hydrogen-bond donors (Lipinski definition) is 0. The highest BCUT2D eigenvalue weighted by atomic mass is 19.3. The number of halogens is 2. The van der Waals surface area contributed by atoms with Gasteiger partial charge in [-0.1, -0.05) is 0 Å². The summed E-state index contributed by atoms with van der Waals surface area (Å²) in [6.07, 6.45) is -2.07. The first-order valence-corrected chi connectivity index (χ1v) is 7.54. The average molecular weight is 342 g/mol. The van der Waals surface area contributed by atoms with Gasteiger partial charge in [-0.05, 0) is 32.9 Å². The smallest absolute Gasteiger partial charge is 0.410 e. The van der Waals surface area contributed by atoms with Crippen molar-refractivity contribution in [3.05, 3.63) is 24.0 Å². The molecule has 0 aromatic carbocycles. The Kier molecular flexibility index (Phi) is 5.30. The highest BCUT2D eigenvalue weighted by molar-refractivity contribution is 5.92. The number of carbonyl (C=O) groups is 2. The SMILES string of the molecule is CC(C)(C)OC(=O)N1CCN(C(=O)c2cccnn2)[C@@H](C(F)F)C1. The zero-order valence-electron chi connectivity index (χ0n) is 13.8. The van der Waals surface area contributed by atoms with Crippen LogP contribution in [0.5, 0.6) is 0 Å². The van der Waals surface area contributed by atoms with E-state index in [-0.39, 0.29) is 25.3 Å². The molecule has 1 fully saturated rings. The van der Waals surface area contributed by atoms with E-state index in [1.807, 2.05) is 0 Å². The summed E-state index contributed by atoms with van der Waals surface area (Å²) >= 11 is 0. The molecule has 1 atom stereocenters. The minimum atomic E-state index is -2.80. The Morgan fingerprint density at radius 1 is 1.33 bits per heavy atom. The Bertz CT molecular complexity index is 592. The molecule has 1 aliphatic heterocycles. The van der Waals surface area contributed by atoms with Crippen LogP contribution in [0.3, 0.4) is 0 Å². The van der Waals surface area contributed by atoms with Gasteiger partial charge in [0, 0.05) is 19.3 Å². The van der Waals surface area contributed by atoms with Crippen molar-refractivity contribution in [3.8, 4) is 0 Å². The molecule has 2 heterocycles. The lowest BCUT2D eigenvalue weighted by Gasteiger charge is -2.40. The molecule has 7 nitrogen and oxygen atoms in total. The number of amides is 2. The average Bonchev–Trinajstić information content (AvgIpc) is 2.52. The fraction of sp³-hybridized carbons (Fsp3) is 0.600. The summed E-state index contributed by atoms with van der Waals surface area (Å²) in [7, 11) is 0. The van der Waals surface area contributed by atoms with E-state index in [0.29, 0.717) is 0 Å². The molecular weight excluding hydrogens is 322 g/mol. The summed E-state index contributed by atoms with van der Waals surface area (Å²) in [5, 5.41) is 7.24. The van der Waals surface area contributed by atoms with Gasteiger partial charge in [-0.15, -0.1) is 5.10 Å². The molecule has 2 amide bonds. The summed E-state index contributed by atoms with van der Waals surface area (Å²) in [4.78, 5) is 26.7. The third kappa shape index (κ3) is 4.36. The summed E-state index contributed by atoms with van der Waals surface area (Å²) in [5.74, 6) is -0.628. The van der Waals surface area contributed by atoms with Gasteiger partial charge in [-0.25, -0.2) is 13.6 Å². The van der Waals surface area contributed by atoms with Crippen molar-refractivity contribution in [2.24, 2.45) is 0 Å². The Balaban J connectivity index is 2.11. The second-order valence-corrected chi connectivity index (χ2v) is 6.44. The number of alkyl halides is 2. The van der Waals surface area contributed by atoms with Crippen molar-refractivity contribution in [2.75, 3.05) is 19.6 Å². The Labute approximate surface area is 138 Å². The quantitative estimate of drug-likeness (QED) is 0.819. The Hall–Kier alpha value is -2.32. The zero-order valence-corrected chi connectivity index (χ0v) is 13.8. The minimum Gasteiger partial charge on any atom is -0.444 e. The molecule has 0 saturated carbocycles. The van der Waals surface area contributed by atoms with Gasteiger partial charge in [0.25, 0.3) is 12.3 Å². The van der Waals surface area contributed by atoms with Crippen molar-refractivity contribution in [1.29, 1.82) is 0 Å². The van der Waals surface area contributed by atoms with E-state index < -0.39 is 30.1 Å². The lowest BCUT2D eigenvalue weighted by Crippen LogP contribution is -2.59. The van der Waals surface area contributed by atoms with Crippen molar-refractivity contribution >= 4 is 12.0 Å². The van der Waals surface area contributed by atoms with Crippen LogP contribution in [0.4, 0.5) is 13.6 Å². The standard InChI is InChI=1S/C15H20F2N4O3/c1-15(2,3)24-14(23)20-7-8-21(11(9-20)12(16)17)13(22)10-5-4-6-18-19-10/h4-6,11-12H,7-9H2,1-3H3/t11-/m1/s1. The third-order valence-corrected chi connectivity index (χ3v) is 3.41. The van der Waals surface area contributed by atoms with Crippen molar-refractivity contribution in [2.45, 2.75) is 38.8 Å². The second-order valence-electron chi connectivity index (χ2n) is 6.44. The predicted molar refractivity (Wildman–Crippen MR) is 80.7 cm³/mol. The number of aromatic nitrogens is 2. The molecule has 1 aromatic rings. The molecule has 9 heteroatoms. The number of piperazine rings is 1. The summed E-state index contributed by atoms with van der Waals surface area (Å²) in [6.45, 7) is 4.89. The summed E-state index contributed by atoms with van der Waals surface area (Å²) in [5.41, 5.74) is -0.724. The minimum absolute atomic E-state index is 0.00568. The lowest BCUT2D eigenvalue weighted by atomic mass is 10.1. The van der Waals surface area contributed by atoms with E-state index >= 15 is 0 Å². The van der Waals surface area contributed by atoms with Crippen LogP contribution in [-0.4, -0.2) is 69.7 Å². The van der Waals surface area contributed by atoms with Gasteiger partial charge in [0.05, 0.1) is 6.54 Å². The van der Waals surface area contributed by atoms with E-state index in [1.54, 1.807) is 20.8 Å². The van der Waals surface area contributed by atoms with Crippen LogP contribution in [0.2, 0.25) is 0 Å². The van der Waals surface area contributed by atoms with Crippen LogP contribution in [0.25, 0.3) is 0 Å². The molecular formula is C15H20F2N4O3. The maximum Gasteiger partial charge on any atom is 0.410 e. The third-order valence-electron chi connectivity index (χ3n) is 3.41. The van der Waals surface area contributed by atoms with Crippen LogP contribution in [0, 0.1) is 0 Å². The number of nitrogens with zero attached hydrogens (tertiary/aromatic N) is 4. The first-order valence-electron chi connectivity index (χ1n) is 7.54. The van der Waals surface area contributed by atoms with Crippen molar-refractivity contribution in [1.82, 2.24) is 20.0 Å². The van der Waals surface area contributed by atoms with Crippen LogP contribution in [0.1, 0.15) is 31.3 Å². The van der Waals surface area contributed by atoms with Gasteiger partial charge in [0.15, 0.2) is 5.69 Å². The van der Waals surface area contributed by atoms with Crippen LogP contribution in [0.15, 0.2) is 18.3 Å². The van der Waals surface area contributed by atoms with Gasteiger partial charge in [0.1, 0.15) is 11.6 Å². The molecule has 0 unspecified atom stereocenters. The first kappa shape index (κ1) is 18.0. The van der Waals surface area contributed by atoms with Crippen molar-refractivity contribution in [3.63, 3.8) is 0 Å². The largest absolute Gasteiger partial charge is 0.444 e. The molecule has 0 spiro atoms. The molecule has 1 aliphatic rings. The Morgan fingerprint density at radius 3 is 2.58 bits per heavy atom. The number of hydrogen-bond acceptors (Lipinski definition) is 5. The monoisotopic (exact) mass is 342 g/mol. The summed E-state index contributed by atoms with van der Waals surface area (Å²) < 4.78 is 32.0. The molecule has 0 aliphatic carbocycles. The van der Waals surface area contributed by atoms with Gasteiger partial charge in [0.2, 0.25) is 0 Å².